The molecular formula is C46H84N4O14. The number of likely N-dealkylation sites (tertiary alicyclic amines) is 2. The highest BCUT2D eigenvalue weighted by molar-refractivity contribution is 5.96. The second kappa shape index (κ2) is 21.9. The van der Waals surface area contributed by atoms with Crippen LogP contribution in [0.3, 0.4) is 0 Å². The molecule has 372 valence electrons. The molecule has 18 heteroatoms. The number of methoxy groups -OCH3 is 2. The normalized spacial score (nSPS) is 35.9. The van der Waals surface area contributed by atoms with Crippen molar-refractivity contribution in [3.8, 4) is 0 Å². The first kappa shape index (κ1) is 58.6. The lowest BCUT2D eigenvalue weighted by molar-refractivity contribution is -0.165. The van der Waals surface area contributed by atoms with Gasteiger partial charge in [0, 0.05) is 36.8 Å². The first-order valence-electron chi connectivity index (χ1n) is 22.6. The smallest absolute Gasteiger partial charge is 0.337 e. The second-order valence-electron chi connectivity index (χ2n) is 19.9. The molecule has 0 aliphatic carbocycles. The van der Waals surface area contributed by atoms with Crippen molar-refractivity contribution < 1.29 is 68.9 Å². The highest BCUT2D eigenvalue weighted by Gasteiger charge is 2.67. The van der Waals surface area contributed by atoms with E-state index in [-0.39, 0.29) is 48.2 Å². The molecule has 4 saturated heterocycles. The summed E-state index contributed by atoms with van der Waals surface area (Å²) in [6.07, 6.45) is 6.10. The summed E-state index contributed by atoms with van der Waals surface area (Å²) in [4.78, 5) is 74.7. The molecule has 8 N–H and O–H groups in total. The number of likely N-dealkylation sites (N-methyl/N-ethyl adjacent to an activating group) is 2. The Bertz CT molecular complexity index is 1650. The van der Waals surface area contributed by atoms with Crippen molar-refractivity contribution in [2.75, 3.05) is 54.7 Å². The molecule has 4 aliphatic rings. The number of hydrogen-bond acceptors (Lipinski definition) is 14. The van der Waals surface area contributed by atoms with E-state index in [9.17, 15) is 59.4 Å². The van der Waals surface area contributed by atoms with Crippen LogP contribution in [-0.2, 0) is 38.2 Å². The lowest BCUT2D eigenvalue weighted by Gasteiger charge is -2.42. The Hall–Kier alpha value is -3.42. The zero-order valence-electron chi connectivity index (χ0n) is 41.6. The lowest BCUT2D eigenvalue weighted by Crippen LogP contribution is -2.65. The number of esters is 2. The molecule has 4 fully saturated rings. The zero-order chi connectivity index (χ0) is 50.2. The molecule has 4 rings (SSSR count). The maximum absolute atomic E-state index is 12.3. The molecule has 4 heterocycles. The summed E-state index contributed by atoms with van der Waals surface area (Å²) in [5, 5.41) is 63.5. The van der Waals surface area contributed by atoms with E-state index in [1.165, 1.54) is 18.9 Å². The molecule has 10 atom stereocenters. The van der Waals surface area contributed by atoms with Gasteiger partial charge in [0.1, 0.15) is 5.60 Å². The van der Waals surface area contributed by atoms with Crippen molar-refractivity contribution in [1.82, 2.24) is 20.4 Å². The maximum Gasteiger partial charge on any atom is 0.337 e. The molecular weight excluding hydrogens is 833 g/mol. The molecule has 0 aromatic rings. The quantitative estimate of drug-likeness (QED) is 0.115. The number of rotatable bonds is 14. The van der Waals surface area contributed by atoms with Crippen LogP contribution in [0.15, 0.2) is 0 Å². The van der Waals surface area contributed by atoms with Gasteiger partial charge in [-0.2, -0.15) is 0 Å². The summed E-state index contributed by atoms with van der Waals surface area (Å²) in [6.45, 7) is 21.1. The highest BCUT2D eigenvalue weighted by Crippen LogP contribution is 2.52. The molecule has 0 spiro atoms. The average molecular weight is 917 g/mol. The Morgan fingerprint density at radius 3 is 1.28 bits per heavy atom. The van der Waals surface area contributed by atoms with Gasteiger partial charge in [-0.1, -0.05) is 81.1 Å². The monoisotopic (exact) mass is 917 g/mol. The van der Waals surface area contributed by atoms with Crippen LogP contribution < -0.4 is 10.6 Å². The molecule has 4 aliphatic heterocycles. The minimum Gasteiger partial charge on any atom is -0.467 e. The van der Waals surface area contributed by atoms with Crippen molar-refractivity contribution in [2.45, 2.75) is 168 Å². The molecule has 4 amide bonds. The Labute approximate surface area is 381 Å². The molecule has 0 aromatic heterocycles. The summed E-state index contributed by atoms with van der Waals surface area (Å²) < 4.78 is 9.38. The van der Waals surface area contributed by atoms with Gasteiger partial charge in [-0.05, 0) is 53.4 Å². The Balaban J connectivity index is 0.000000429. The van der Waals surface area contributed by atoms with Crippen LogP contribution >= 0.6 is 0 Å². The van der Waals surface area contributed by atoms with Crippen molar-refractivity contribution in [2.24, 2.45) is 34.5 Å². The minimum atomic E-state index is -1.77. The number of nitrogens with zero attached hydrogens (tertiary/aromatic N) is 2. The third-order valence-electron chi connectivity index (χ3n) is 15.9. The molecule has 18 nitrogen and oxygen atoms in total. The van der Waals surface area contributed by atoms with Gasteiger partial charge < -0.3 is 60.5 Å². The Morgan fingerprint density at radius 1 is 0.547 bits per heavy atom. The fraction of sp³-hybridized carbons (Fsp3) is 0.870. The van der Waals surface area contributed by atoms with Crippen molar-refractivity contribution in [3.63, 3.8) is 0 Å². The number of carbonyl (C=O) groups excluding carboxylic acids is 6. The first-order chi connectivity index (χ1) is 29.4. The predicted molar refractivity (Wildman–Crippen MR) is 239 cm³/mol. The fourth-order valence-electron chi connectivity index (χ4n) is 10.2. The SMILES string of the molecule is CCC[C@H]1C(=O)N(C)[C@@](CO)(C(=O)OC)C1(C)C.CCC[C@H]1C(=O)N(C)[C@](C)(CO)C1(C)C.CCC[C@H]1C(=O)N[C@@](CO)(C(=O)OC)[C@@]1(C)O.CCC[C@H]1C(=O)N[C@](C)(CO)[C@@]1(C)O. The van der Waals surface area contributed by atoms with Gasteiger partial charge in [0.05, 0.1) is 69.2 Å². The molecule has 0 aromatic carbocycles. The standard InChI is InChI=1S/C13H23NO4.C12H23NO2.C11H19NO5.C10H19NO3/c1-6-7-9-10(16)14(4)13(8-15,11(17)18-5)12(9,2)3;1-6-7-9-10(15)13(5)12(4,8-14)11(9,2)3;1-4-5-7-8(14)12-11(6-13,9(15)17-3)10(7,2)16;1-4-5-7-8(13)11-9(2,6-12)10(7,3)14/h9,15H,6-8H2,1-5H3;9,14H,6-8H2,1-5H3;7,13,16H,4-6H2,1-3H3,(H,12,14);7,12,14H,4-6H2,1-3H3,(H,11,13)/t9-,13-;9-,12+;7-,10-,11-;7-,9+,10-/m0000/s1. The molecule has 0 radical (unpaired) electrons. The lowest BCUT2D eigenvalue weighted by atomic mass is 9.66. The number of aliphatic hydroxyl groups is 6. The third-order valence-corrected chi connectivity index (χ3v) is 15.9. The van der Waals surface area contributed by atoms with Crippen LogP contribution in [0.1, 0.15) is 134 Å². The summed E-state index contributed by atoms with van der Waals surface area (Å²) in [5.41, 5.74) is -8.04. The Kier molecular flexibility index (Phi) is 20.1. The van der Waals surface area contributed by atoms with Gasteiger partial charge >= 0.3 is 11.9 Å². The van der Waals surface area contributed by atoms with E-state index in [1.807, 2.05) is 41.5 Å². The van der Waals surface area contributed by atoms with Gasteiger partial charge in [0.2, 0.25) is 23.6 Å². The average Bonchev–Trinajstić information content (AvgIpc) is 3.67. The van der Waals surface area contributed by atoms with E-state index in [4.69, 9.17) is 4.74 Å². The number of nitrogens with one attached hydrogen (secondary N) is 2. The number of amides is 4. The first-order valence-corrected chi connectivity index (χ1v) is 22.6. The van der Waals surface area contributed by atoms with Gasteiger partial charge in [-0.15, -0.1) is 0 Å². The van der Waals surface area contributed by atoms with E-state index in [0.717, 1.165) is 32.8 Å². The van der Waals surface area contributed by atoms with Crippen molar-refractivity contribution in [1.29, 1.82) is 0 Å². The number of ether oxygens (including phenoxy) is 2. The summed E-state index contributed by atoms with van der Waals surface area (Å²) in [6, 6.07) is 0. The summed E-state index contributed by atoms with van der Waals surface area (Å²) >= 11 is 0. The van der Waals surface area contributed by atoms with E-state index >= 15 is 0 Å². The highest BCUT2D eigenvalue weighted by atomic mass is 16.5. The molecule has 64 heavy (non-hydrogen) atoms. The molecule has 0 unspecified atom stereocenters. The summed E-state index contributed by atoms with van der Waals surface area (Å²) in [7, 11) is 5.79. The maximum atomic E-state index is 12.3. The Morgan fingerprint density at radius 2 is 0.938 bits per heavy atom. The van der Waals surface area contributed by atoms with Crippen molar-refractivity contribution in [3.05, 3.63) is 0 Å². The van der Waals surface area contributed by atoms with Crippen LogP contribution in [0.25, 0.3) is 0 Å². The number of hydrogen-bond donors (Lipinski definition) is 8. The molecule has 0 bridgehead atoms. The fourth-order valence-corrected chi connectivity index (χ4v) is 10.2. The van der Waals surface area contributed by atoms with Crippen LogP contribution in [0.4, 0.5) is 0 Å². The van der Waals surface area contributed by atoms with E-state index in [0.29, 0.717) is 25.7 Å². The largest absolute Gasteiger partial charge is 0.467 e. The molecule has 0 saturated carbocycles. The van der Waals surface area contributed by atoms with E-state index < -0.39 is 81.7 Å². The third kappa shape index (κ3) is 9.55. The van der Waals surface area contributed by atoms with Gasteiger partial charge in [0.15, 0.2) is 11.1 Å². The van der Waals surface area contributed by atoms with Gasteiger partial charge in [0.25, 0.3) is 0 Å². The second-order valence-corrected chi connectivity index (χ2v) is 19.9. The number of aliphatic hydroxyl groups excluding tert-OH is 4. The van der Waals surface area contributed by atoms with Crippen LogP contribution in [0.2, 0.25) is 0 Å². The van der Waals surface area contributed by atoms with Crippen LogP contribution in [-0.4, -0.2) is 164 Å². The predicted octanol–water partition coefficient (Wildman–Crippen LogP) is 1.68. The van der Waals surface area contributed by atoms with Crippen LogP contribution in [0, 0.1) is 34.5 Å². The zero-order valence-corrected chi connectivity index (χ0v) is 41.6. The van der Waals surface area contributed by atoms with Gasteiger partial charge in [-0.3, -0.25) is 19.2 Å². The van der Waals surface area contributed by atoms with Gasteiger partial charge in [-0.25, -0.2) is 9.59 Å². The number of carbonyl (C=O) groups is 6. The summed E-state index contributed by atoms with van der Waals surface area (Å²) in [5.74, 6) is -3.25. The van der Waals surface area contributed by atoms with E-state index in [2.05, 4.69) is 36.1 Å². The van der Waals surface area contributed by atoms with Crippen molar-refractivity contribution >= 4 is 35.6 Å². The van der Waals surface area contributed by atoms with Crippen LogP contribution in [0.5, 0.6) is 0 Å². The minimum absolute atomic E-state index is 0.0302. The van der Waals surface area contributed by atoms with E-state index in [1.54, 1.807) is 32.8 Å². The topological polar surface area (TPSA) is 273 Å².